The van der Waals surface area contributed by atoms with Crippen molar-refractivity contribution in [1.82, 2.24) is 4.90 Å². The molecule has 0 fully saturated rings. The van der Waals surface area contributed by atoms with Crippen molar-refractivity contribution in [3.05, 3.63) is 35.9 Å². The lowest BCUT2D eigenvalue weighted by Gasteiger charge is -2.29. The summed E-state index contributed by atoms with van der Waals surface area (Å²) in [4.78, 5) is 25.2. The van der Waals surface area contributed by atoms with Gasteiger partial charge in [0.25, 0.3) is 0 Å². The molecule has 0 heterocycles. The van der Waals surface area contributed by atoms with Crippen molar-refractivity contribution in [3.63, 3.8) is 0 Å². The van der Waals surface area contributed by atoms with Crippen molar-refractivity contribution in [2.24, 2.45) is 5.92 Å². The van der Waals surface area contributed by atoms with Crippen LogP contribution in [0.25, 0.3) is 0 Å². The molecule has 0 bridgehead atoms. The van der Waals surface area contributed by atoms with E-state index in [1.165, 1.54) is 0 Å². The SMILES string of the molecule is CCC(C)N(CC(=O)c1ccccc1)CC(C)C(=O)O. The Morgan fingerprint density at radius 3 is 2.30 bits per heavy atom. The second-order valence-electron chi connectivity index (χ2n) is 5.22. The van der Waals surface area contributed by atoms with Gasteiger partial charge in [-0.05, 0) is 13.3 Å². The number of carbonyl (C=O) groups is 2. The minimum absolute atomic E-state index is 0.0310. The maximum atomic E-state index is 12.2. The number of carboxylic acids is 1. The second-order valence-corrected chi connectivity index (χ2v) is 5.22. The molecule has 4 nitrogen and oxygen atoms in total. The van der Waals surface area contributed by atoms with E-state index in [0.29, 0.717) is 12.1 Å². The largest absolute Gasteiger partial charge is 0.481 e. The molecule has 110 valence electrons. The Morgan fingerprint density at radius 2 is 1.80 bits per heavy atom. The molecule has 1 aromatic rings. The van der Waals surface area contributed by atoms with Gasteiger partial charge in [0, 0.05) is 18.2 Å². The molecule has 1 N–H and O–H groups in total. The molecule has 0 amide bonds. The summed E-state index contributed by atoms with van der Waals surface area (Å²) < 4.78 is 0. The highest BCUT2D eigenvalue weighted by molar-refractivity contribution is 5.97. The smallest absolute Gasteiger partial charge is 0.307 e. The lowest BCUT2D eigenvalue weighted by Crippen LogP contribution is -2.41. The molecule has 0 aliphatic carbocycles. The zero-order valence-corrected chi connectivity index (χ0v) is 12.4. The fourth-order valence-corrected chi connectivity index (χ4v) is 1.99. The van der Waals surface area contributed by atoms with Crippen LogP contribution in [0.15, 0.2) is 30.3 Å². The second kappa shape index (κ2) is 7.80. The van der Waals surface area contributed by atoms with Gasteiger partial charge in [0.15, 0.2) is 5.78 Å². The normalized spacial score (nSPS) is 14.0. The molecule has 0 aromatic heterocycles. The number of carbonyl (C=O) groups excluding carboxylic acids is 1. The summed E-state index contributed by atoms with van der Waals surface area (Å²) >= 11 is 0. The summed E-state index contributed by atoms with van der Waals surface area (Å²) in [5.74, 6) is -1.28. The molecule has 0 saturated heterocycles. The molecular formula is C16H23NO3. The van der Waals surface area contributed by atoms with Gasteiger partial charge in [-0.3, -0.25) is 14.5 Å². The average molecular weight is 277 g/mol. The van der Waals surface area contributed by atoms with E-state index in [0.717, 1.165) is 6.42 Å². The van der Waals surface area contributed by atoms with Crippen LogP contribution in [0.5, 0.6) is 0 Å². The Kier molecular flexibility index (Phi) is 6.39. The van der Waals surface area contributed by atoms with E-state index in [4.69, 9.17) is 5.11 Å². The van der Waals surface area contributed by atoms with Crippen molar-refractivity contribution >= 4 is 11.8 Å². The molecule has 1 aromatic carbocycles. The Bertz CT molecular complexity index is 444. The van der Waals surface area contributed by atoms with E-state index >= 15 is 0 Å². The van der Waals surface area contributed by atoms with E-state index in [9.17, 15) is 9.59 Å². The third kappa shape index (κ3) is 4.78. The average Bonchev–Trinajstić information content (AvgIpc) is 2.46. The topological polar surface area (TPSA) is 57.6 Å². The van der Waals surface area contributed by atoms with Crippen LogP contribution in [0.4, 0.5) is 0 Å². The molecule has 20 heavy (non-hydrogen) atoms. The van der Waals surface area contributed by atoms with Gasteiger partial charge < -0.3 is 5.11 Å². The fraction of sp³-hybridized carbons (Fsp3) is 0.500. The summed E-state index contributed by atoms with van der Waals surface area (Å²) in [6.07, 6.45) is 0.883. The third-order valence-electron chi connectivity index (χ3n) is 3.59. The summed E-state index contributed by atoms with van der Waals surface area (Å²) in [5.41, 5.74) is 0.670. The number of benzene rings is 1. The highest BCUT2D eigenvalue weighted by Crippen LogP contribution is 2.10. The molecule has 0 radical (unpaired) electrons. The first-order chi connectivity index (χ1) is 9.45. The van der Waals surface area contributed by atoms with Crippen LogP contribution in [-0.4, -0.2) is 40.9 Å². The number of ketones is 1. The number of carboxylic acid groups (broad SMARTS) is 1. The summed E-state index contributed by atoms with van der Waals surface area (Å²) in [6, 6.07) is 9.30. The molecule has 0 aliphatic rings. The Morgan fingerprint density at radius 1 is 1.20 bits per heavy atom. The van der Waals surface area contributed by atoms with Gasteiger partial charge in [-0.2, -0.15) is 0 Å². The number of aliphatic carboxylic acids is 1. The van der Waals surface area contributed by atoms with Crippen LogP contribution >= 0.6 is 0 Å². The maximum Gasteiger partial charge on any atom is 0.307 e. The van der Waals surface area contributed by atoms with Gasteiger partial charge in [-0.25, -0.2) is 0 Å². The Balaban J connectivity index is 2.74. The molecule has 2 unspecified atom stereocenters. The standard InChI is InChI=1S/C16H23NO3/c1-4-13(3)17(10-12(2)16(19)20)11-15(18)14-8-6-5-7-9-14/h5-9,12-13H,4,10-11H2,1-3H3,(H,19,20). The number of rotatable bonds is 8. The van der Waals surface area contributed by atoms with Gasteiger partial charge >= 0.3 is 5.97 Å². The van der Waals surface area contributed by atoms with Gasteiger partial charge in [-0.15, -0.1) is 0 Å². The van der Waals surface area contributed by atoms with Gasteiger partial charge in [-0.1, -0.05) is 44.2 Å². The van der Waals surface area contributed by atoms with E-state index in [1.54, 1.807) is 19.1 Å². The van der Waals surface area contributed by atoms with Crippen LogP contribution in [0, 0.1) is 5.92 Å². The number of Topliss-reactive ketones (excluding diaryl/α,β-unsaturated/α-hetero) is 1. The predicted molar refractivity (Wildman–Crippen MR) is 78.9 cm³/mol. The van der Waals surface area contributed by atoms with Gasteiger partial charge in [0.05, 0.1) is 12.5 Å². The van der Waals surface area contributed by atoms with Crippen LogP contribution in [-0.2, 0) is 4.79 Å². The minimum Gasteiger partial charge on any atom is -0.481 e. The minimum atomic E-state index is -0.828. The van der Waals surface area contributed by atoms with E-state index in [-0.39, 0.29) is 18.4 Å². The monoisotopic (exact) mass is 277 g/mol. The van der Waals surface area contributed by atoms with Crippen LogP contribution in [0.1, 0.15) is 37.6 Å². The number of nitrogens with zero attached hydrogens (tertiary/aromatic N) is 1. The van der Waals surface area contributed by atoms with Gasteiger partial charge in [0.2, 0.25) is 0 Å². The molecule has 4 heteroatoms. The molecule has 0 spiro atoms. The molecular weight excluding hydrogens is 254 g/mol. The molecule has 1 rings (SSSR count). The Labute approximate surface area is 120 Å². The van der Waals surface area contributed by atoms with Crippen molar-refractivity contribution < 1.29 is 14.7 Å². The number of hydrogen-bond donors (Lipinski definition) is 1. The molecule has 0 saturated carbocycles. The maximum absolute atomic E-state index is 12.2. The van der Waals surface area contributed by atoms with E-state index in [2.05, 4.69) is 0 Å². The molecule has 0 aliphatic heterocycles. The van der Waals surface area contributed by atoms with Crippen LogP contribution in [0.3, 0.4) is 0 Å². The van der Waals surface area contributed by atoms with Gasteiger partial charge in [0.1, 0.15) is 0 Å². The highest BCUT2D eigenvalue weighted by atomic mass is 16.4. The van der Waals surface area contributed by atoms with Crippen molar-refractivity contribution in [2.75, 3.05) is 13.1 Å². The molecule has 2 atom stereocenters. The zero-order chi connectivity index (χ0) is 15.1. The predicted octanol–water partition coefficient (Wildman–Crippen LogP) is 2.69. The van der Waals surface area contributed by atoms with Crippen molar-refractivity contribution in [1.29, 1.82) is 0 Å². The van der Waals surface area contributed by atoms with Crippen LogP contribution in [0.2, 0.25) is 0 Å². The quantitative estimate of drug-likeness (QED) is 0.742. The fourth-order valence-electron chi connectivity index (χ4n) is 1.99. The first-order valence-corrected chi connectivity index (χ1v) is 7.00. The number of hydrogen-bond acceptors (Lipinski definition) is 3. The van der Waals surface area contributed by atoms with E-state index in [1.807, 2.05) is 36.9 Å². The lowest BCUT2D eigenvalue weighted by atomic mass is 10.1. The third-order valence-corrected chi connectivity index (χ3v) is 3.59. The first-order valence-electron chi connectivity index (χ1n) is 7.00. The van der Waals surface area contributed by atoms with Crippen molar-refractivity contribution in [2.45, 2.75) is 33.2 Å². The lowest BCUT2D eigenvalue weighted by molar-refractivity contribution is -0.141. The summed E-state index contributed by atoms with van der Waals surface area (Å²) in [6.45, 7) is 6.38. The van der Waals surface area contributed by atoms with Crippen LogP contribution < -0.4 is 0 Å². The Hall–Kier alpha value is -1.68. The highest BCUT2D eigenvalue weighted by Gasteiger charge is 2.22. The van der Waals surface area contributed by atoms with Crippen molar-refractivity contribution in [3.8, 4) is 0 Å². The summed E-state index contributed by atoms with van der Waals surface area (Å²) in [5, 5.41) is 9.02. The zero-order valence-electron chi connectivity index (χ0n) is 12.4. The van der Waals surface area contributed by atoms with E-state index < -0.39 is 11.9 Å². The summed E-state index contributed by atoms with van der Waals surface area (Å²) in [7, 11) is 0. The first kappa shape index (κ1) is 16.4.